The number of hydrogen-bond acceptors (Lipinski definition) is 5. The third kappa shape index (κ3) is 3.31. The fraction of sp³-hybridized carbons (Fsp3) is 0.412. The van der Waals surface area contributed by atoms with Gasteiger partial charge >= 0.3 is 5.97 Å². The Labute approximate surface area is 135 Å². The molecule has 3 rings (SSSR count). The number of aromatic nitrogens is 3. The molecule has 23 heavy (non-hydrogen) atoms. The molecule has 6 nitrogen and oxygen atoms in total. The third-order valence-electron chi connectivity index (χ3n) is 4.15. The zero-order valence-corrected chi connectivity index (χ0v) is 13.1. The molecule has 0 aliphatic carbocycles. The Morgan fingerprint density at radius 3 is 2.78 bits per heavy atom. The van der Waals surface area contributed by atoms with Crippen molar-refractivity contribution >= 4 is 11.8 Å². The Bertz CT molecular complexity index is 690. The predicted molar refractivity (Wildman–Crippen MR) is 87.3 cm³/mol. The molecule has 0 spiro atoms. The fourth-order valence-corrected chi connectivity index (χ4v) is 2.90. The average Bonchev–Trinajstić information content (AvgIpc) is 2.62. The van der Waals surface area contributed by atoms with E-state index in [0.29, 0.717) is 24.6 Å². The highest BCUT2D eigenvalue weighted by atomic mass is 16.4. The Kier molecular flexibility index (Phi) is 4.50. The third-order valence-corrected chi connectivity index (χ3v) is 4.15. The fourth-order valence-electron chi connectivity index (χ4n) is 2.90. The van der Waals surface area contributed by atoms with Crippen LogP contribution in [0.5, 0.6) is 0 Å². The van der Waals surface area contributed by atoms with Gasteiger partial charge in [0.2, 0.25) is 0 Å². The van der Waals surface area contributed by atoms with Crippen LogP contribution in [-0.4, -0.2) is 38.6 Å². The molecule has 1 unspecified atom stereocenters. The maximum atomic E-state index is 11.6. The van der Waals surface area contributed by atoms with E-state index < -0.39 is 12.0 Å². The Morgan fingerprint density at radius 1 is 1.30 bits per heavy atom. The molecule has 1 fully saturated rings. The van der Waals surface area contributed by atoms with E-state index >= 15 is 0 Å². The van der Waals surface area contributed by atoms with Gasteiger partial charge in [0, 0.05) is 36.3 Å². The molecule has 2 aromatic rings. The van der Waals surface area contributed by atoms with Crippen molar-refractivity contribution in [2.24, 2.45) is 0 Å². The summed E-state index contributed by atoms with van der Waals surface area (Å²) in [4.78, 5) is 26.7. The van der Waals surface area contributed by atoms with Gasteiger partial charge in [-0.2, -0.15) is 0 Å². The van der Waals surface area contributed by atoms with Crippen LogP contribution < -0.4 is 4.90 Å². The minimum atomic E-state index is -0.785. The van der Waals surface area contributed by atoms with Crippen LogP contribution in [0.4, 0.5) is 5.82 Å². The smallest absolute Gasteiger partial charge is 0.326 e. The molecule has 2 aromatic heterocycles. The SMILES string of the molecule is CCc1cc(N2CCCCC2C(=O)O)nc(-c2ccncc2)n1. The second kappa shape index (κ2) is 6.73. The second-order valence-electron chi connectivity index (χ2n) is 5.67. The highest BCUT2D eigenvalue weighted by Gasteiger charge is 2.29. The lowest BCUT2D eigenvalue weighted by atomic mass is 10.0. The van der Waals surface area contributed by atoms with Crippen molar-refractivity contribution in [2.45, 2.75) is 38.6 Å². The van der Waals surface area contributed by atoms with Crippen LogP contribution in [0.25, 0.3) is 11.4 Å². The minimum Gasteiger partial charge on any atom is -0.480 e. The number of aryl methyl sites for hydroxylation is 1. The molecule has 1 N–H and O–H groups in total. The van der Waals surface area contributed by atoms with Gasteiger partial charge in [-0.3, -0.25) is 4.98 Å². The van der Waals surface area contributed by atoms with Gasteiger partial charge in [0.25, 0.3) is 0 Å². The molecule has 0 saturated carbocycles. The lowest BCUT2D eigenvalue weighted by Gasteiger charge is -2.34. The van der Waals surface area contributed by atoms with Crippen molar-refractivity contribution in [3.8, 4) is 11.4 Å². The van der Waals surface area contributed by atoms with E-state index in [2.05, 4.69) is 15.0 Å². The predicted octanol–water partition coefficient (Wildman–Crippen LogP) is 2.54. The van der Waals surface area contributed by atoms with E-state index in [0.717, 1.165) is 30.5 Å². The monoisotopic (exact) mass is 312 g/mol. The molecule has 1 atom stereocenters. The normalized spacial score (nSPS) is 18.0. The summed E-state index contributed by atoms with van der Waals surface area (Å²) in [6.07, 6.45) is 6.77. The summed E-state index contributed by atoms with van der Waals surface area (Å²) in [5.41, 5.74) is 1.80. The topological polar surface area (TPSA) is 79.2 Å². The van der Waals surface area contributed by atoms with Crippen LogP contribution in [0.3, 0.4) is 0 Å². The zero-order chi connectivity index (χ0) is 16.2. The Balaban J connectivity index is 2.03. The first kappa shape index (κ1) is 15.4. The average molecular weight is 312 g/mol. The Hall–Kier alpha value is -2.50. The van der Waals surface area contributed by atoms with Crippen LogP contribution in [0.15, 0.2) is 30.6 Å². The van der Waals surface area contributed by atoms with Gasteiger partial charge in [-0.1, -0.05) is 6.92 Å². The number of hydrogen-bond donors (Lipinski definition) is 1. The van der Waals surface area contributed by atoms with Crippen molar-refractivity contribution in [1.29, 1.82) is 0 Å². The summed E-state index contributed by atoms with van der Waals surface area (Å²) in [6, 6.07) is 5.13. The molecule has 0 bridgehead atoms. The number of pyridine rings is 1. The molecule has 6 heteroatoms. The maximum absolute atomic E-state index is 11.6. The lowest BCUT2D eigenvalue weighted by molar-refractivity contribution is -0.139. The standard InChI is InChI=1S/C17H20N4O2/c1-2-13-11-15(21-10-4-3-5-14(21)17(22)23)20-16(19-13)12-6-8-18-9-7-12/h6-9,11,14H,2-5,10H2,1H3,(H,22,23). The van der Waals surface area contributed by atoms with Crippen LogP contribution >= 0.6 is 0 Å². The van der Waals surface area contributed by atoms with Crippen LogP contribution in [0.2, 0.25) is 0 Å². The number of nitrogens with zero attached hydrogens (tertiary/aromatic N) is 4. The molecule has 0 amide bonds. The van der Waals surface area contributed by atoms with E-state index in [-0.39, 0.29) is 0 Å². The quantitative estimate of drug-likeness (QED) is 0.934. The lowest BCUT2D eigenvalue weighted by Crippen LogP contribution is -2.45. The first-order valence-electron chi connectivity index (χ1n) is 7.97. The number of anilines is 1. The second-order valence-corrected chi connectivity index (χ2v) is 5.67. The maximum Gasteiger partial charge on any atom is 0.326 e. The first-order valence-corrected chi connectivity index (χ1v) is 7.97. The molecule has 120 valence electrons. The van der Waals surface area contributed by atoms with Crippen LogP contribution in [0.1, 0.15) is 31.9 Å². The molecular weight excluding hydrogens is 292 g/mol. The molecule has 1 saturated heterocycles. The largest absolute Gasteiger partial charge is 0.480 e. The molecule has 1 aliphatic rings. The summed E-state index contributed by atoms with van der Waals surface area (Å²) in [5.74, 6) is 0.541. The van der Waals surface area contributed by atoms with E-state index in [1.54, 1.807) is 12.4 Å². The van der Waals surface area contributed by atoms with Crippen LogP contribution in [0, 0.1) is 0 Å². The number of carbonyl (C=O) groups is 1. The number of carboxylic acids is 1. The van der Waals surface area contributed by atoms with Crippen molar-refractivity contribution in [3.63, 3.8) is 0 Å². The van der Waals surface area contributed by atoms with Gasteiger partial charge in [0.1, 0.15) is 11.9 Å². The summed E-state index contributed by atoms with van der Waals surface area (Å²) in [7, 11) is 0. The van der Waals surface area contributed by atoms with Crippen LogP contribution in [-0.2, 0) is 11.2 Å². The molecule has 0 aromatic carbocycles. The van der Waals surface area contributed by atoms with Gasteiger partial charge in [0.05, 0.1) is 0 Å². The molecule has 1 aliphatic heterocycles. The van der Waals surface area contributed by atoms with Gasteiger partial charge < -0.3 is 10.0 Å². The van der Waals surface area contributed by atoms with Gasteiger partial charge in [-0.15, -0.1) is 0 Å². The van der Waals surface area contributed by atoms with Crippen molar-refractivity contribution in [3.05, 3.63) is 36.3 Å². The van der Waals surface area contributed by atoms with Crippen molar-refractivity contribution in [2.75, 3.05) is 11.4 Å². The number of piperidine rings is 1. The van der Waals surface area contributed by atoms with E-state index in [1.807, 2.05) is 30.0 Å². The number of carboxylic acid groups (broad SMARTS) is 1. The van der Waals surface area contributed by atoms with E-state index in [1.165, 1.54) is 0 Å². The number of rotatable bonds is 4. The van der Waals surface area contributed by atoms with Gasteiger partial charge in [-0.05, 0) is 37.8 Å². The van der Waals surface area contributed by atoms with Gasteiger partial charge in [-0.25, -0.2) is 14.8 Å². The van der Waals surface area contributed by atoms with Crippen molar-refractivity contribution < 1.29 is 9.90 Å². The first-order chi connectivity index (χ1) is 11.2. The molecule has 0 radical (unpaired) electrons. The van der Waals surface area contributed by atoms with E-state index in [4.69, 9.17) is 0 Å². The summed E-state index contributed by atoms with van der Waals surface area (Å²) in [5, 5.41) is 9.49. The highest BCUT2D eigenvalue weighted by molar-refractivity contribution is 5.78. The minimum absolute atomic E-state index is 0.506. The Morgan fingerprint density at radius 2 is 2.09 bits per heavy atom. The number of aliphatic carboxylic acids is 1. The summed E-state index contributed by atoms with van der Waals surface area (Å²) >= 11 is 0. The molecule has 3 heterocycles. The summed E-state index contributed by atoms with van der Waals surface area (Å²) < 4.78 is 0. The van der Waals surface area contributed by atoms with E-state index in [9.17, 15) is 9.90 Å². The highest BCUT2D eigenvalue weighted by Crippen LogP contribution is 2.26. The summed E-state index contributed by atoms with van der Waals surface area (Å²) in [6.45, 7) is 2.75. The zero-order valence-electron chi connectivity index (χ0n) is 13.1. The molecular formula is C17H20N4O2. The van der Waals surface area contributed by atoms with Crippen molar-refractivity contribution in [1.82, 2.24) is 15.0 Å². The van der Waals surface area contributed by atoms with Gasteiger partial charge in [0.15, 0.2) is 5.82 Å².